The van der Waals surface area contributed by atoms with Gasteiger partial charge in [-0.15, -0.1) is 11.8 Å². The number of thiocarbonyl (C=S) groups is 1. The summed E-state index contributed by atoms with van der Waals surface area (Å²) < 4.78 is 0.647. The second-order valence-corrected chi connectivity index (χ2v) is 4.12. The lowest BCUT2D eigenvalue weighted by molar-refractivity contribution is 0.0997. The molecule has 0 aromatic heterocycles. The summed E-state index contributed by atoms with van der Waals surface area (Å²) >= 11 is 6.35. The highest BCUT2D eigenvalue weighted by atomic mass is 32.2. The van der Waals surface area contributed by atoms with E-state index in [0.29, 0.717) is 9.88 Å². The third kappa shape index (κ3) is 3.47. The molecule has 2 nitrogen and oxygen atoms in total. The number of carbonyl (C=O) groups is 1. The van der Waals surface area contributed by atoms with Gasteiger partial charge in [-0.2, -0.15) is 0 Å². The first-order valence-corrected chi connectivity index (χ1v) is 5.77. The Morgan fingerprint density at radius 3 is 2.64 bits per heavy atom. The van der Waals surface area contributed by atoms with Crippen LogP contribution in [-0.2, 0) is 0 Å². The molecule has 0 amide bonds. The Morgan fingerprint density at radius 1 is 1.43 bits per heavy atom. The normalized spacial score (nSPS) is 9.50. The summed E-state index contributed by atoms with van der Waals surface area (Å²) in [6.45, 7) is 0.268. The molecule has 0 bridgehead atoms. The van der Waals surface area contributed by atoms with Crippen molar-refractivity contribution in [1.29, 1.82) is 0 Å². The molecule has 0 atom stereocenters. The molecular formula is C10H11NOS2. The van der Waals surface area contributed by atoms with Crippen LogP contribution in [0.3, 0.4) is 0 Å². The van der Waals surface area contributed by atoms with E-state index in [-0.39, 0.29) is 12.3 Å². The van der Waals surface area contributed by atoms with Gasteiger partial charge in [-0.05, 0) is 6.26 Å². The molecule has 0 saturated heterocycles. The van der Waals surface area contributed by atoms with Gasteiger partial charge >= 0.3 is 0 Å². The lowest BCUT2D eigenvalue weighted by Crippen LogP contribution is -2.25. The molecule has 4 heteroatoms. The molecule has 1 aromatic carbocycles. The van der Waals surface area contributed by atoms with E-state index >= 15 is 0 Å². The summed E-state index contributed by atoms with van der Waals surface area (Å²) in [7, 11) is 0. The van der Waals surface area contributed by atoms with Crippen molar-refractivity contribution in [2.24, 2.45) is 0 Å². The van der Waals surface area contributed by atoms with E-state index in [1.54, 1.807) is 12.1 Å². The first-order valence-electron chi connectivity index (χ1n) is 4.14. The topological polar surface area (TPSA) is 29.1 Å². The molecule has 0 aliphatic carbocycles. The summed E-state index contributed by atoms with van der Waals surface area (Å²) in [5, 5.41) is 2.88. The van der Waals surface area contributed by atoms with Crippen LogP contribution in [-0.4, -0.2) is 22.9 Å². The minimum absolute atomic E-state index is 0.0574. The molecule has 0 unspecified atom stereocenters. The molecule has 1 rings (SSSR count). The Hall–Kier alpha value is -0.870. The number of carbonyl (C=O) groups excluding carboxylic acids is 1. The van der Waals surface area contributed by atoms with Crippen LogP contribution < -0.4 is 5.32 Å². The van der Waals surface area contributed by atoms with Crippen LogP contribution >= 0.6 is 24.0 Å². The summed E-state index contributed by atoms with van der Waals surface area (Å²) in [5.74, 6) is 0.0574. The Labute approximate surface area is 93.1 Å². The zero-order valence-electron chi connectivity index (χ0n) is 7.82. The molecule has 14 heavy (non-hydrogen) atoms. The number of hydrogen-bond acceptors (Lipinski definition) is 3. The van der Waals surface area contributed by atoms with Crippen LogP contribution in [0.4, 0.5) is 0 Å². The van der Waals surface area contributed by atoms with Crippen LogP contribution in [0.5, 0.6) is 0 Å². The van der Waals surface area contributed by atoms with E-state index in [1.165, 1.54) is 11.8 Å². The molecule has 0 spiro atoms. The number of nitrogens with one attached hydrogen (secondary N) is 1. The van der Waals surface area contributed by atoms with Gasteiger partial charge in [-0.25, -0.2) is 0 Å². The molecule has 1 aromatic rings. The van der Waals surface area contributed by atoms with Crippen molar-refractivity contribution in [3.8, 4) is 0 Å². The van der Waals surface area contributed by atoms with Gasteiger partial charge < -0.3 is 5.32 Å². The first kappa shape index (κ1) is 11.2. The zero-order valence-corrected chi connectivity index (χ0v) is 9.45. The van der Waals surface area contributed by atoms with E-state index in [9.17, 15) is 4.79 Å². The van der Waals surface area contributed by atoms with E-state index < -0.39 is 0 Å². The van der Waals surface area contributed by atoms with Crippen LogP contribution in [0.15, 0.2) is 30.3 Å². The number of hydrogen-bond donors (Lipinski definition) is 1. The van der Waals surface area contributed by atoms with Gasteiger partial charge in [-0.3, -0.25) is 4.79 Å². The standard InChI is InChI=1S/C10H11NOS2/c1-14-10(13)11-7-9(12)8-5-3-2-4-6-8/h2-6H,7H2,1H3,(H,11,13). The molecule has 0 radical (unpaired) electrons. The van der Waals surface area contributed by atoms with Crippen molar-refractivity contribution in [1.82, 2.24) is 5.32 Å². The summed E-state index contributed by atoms with van der Waals surface area (Å²) in [6, 6.07) is 9.18. The van der Waals surface area contributed by atoms with Crippen molar-refractivity contribution in [3.63, 3.8) is 0 Å². The van der Waals surface area contributed by atoms with Crippen molar-refractivity contribution < 1.29 is 4.79 Å². The van der Waals surface area contributed by atoms with Gasteiger partial charge in [0.1, 0.15) is 4.32 Å². The summed E-state index contributed by atoms with van der Waals surface area (Å²) in [5.41, 5.74) is 0.712. The summed E-state index contributed by atoms with van der Waals surface area (Å²) in [4.78, 5) is 11.5. The molecule has 0 saturated carbocycles. The molecular weight excluding hydrogens is 214 g/mol. The van der Waals surface area contributed by atoms with E-state index in [0.717, 1.165) is 0 Å². The van der Waals surface area contributed by atoms with Gasteiger partial charge in [0.05, 0.1) is 6.54 Å². The highest BCUT2D eigenvalue weighted by Gasteiger charge is 2.04. The Bertz CT molecular complexity index is 324. The zero-order chi connectivity index (χ0) is 10.4. The summed E-state index contributed by atoms with van der Waals surface area (Å²) in [6.07, 6.45) is 1.88. The molecule has 74 valence electrons. The Kier molecular flexibility index (Phi) is 4.62. The van der Waals surface area contributed by atoms with Crippen molar-refractivity contribution in [3.05, 3.63) is 35.9 Å². The van der Waals surface area contributed by atoms with Gasteiger partial charge in [0.2, 0.25) is 0 Å². The fourth-order valence-electron chi connectivity index (χ4n) is 0.951. The average Bonchev–Trinajstić information content (AvgIpc) is 2.26. The SMILES string of the molecule is CSC(=S)NCC(=O)c1ccccc1. The predicted octanol–water partition coefficient (Wildman–Crippen LogP) is 2.11. The maximum Gasteiger partial charge on any atom is 0.181 e. The first-order chi connectivity index (χ1) is 6.74. The molecule has 0 heterocycles. The molecule has 0 aliphatic heterocycles. The maximum absolute atomic E-state index is 11.5. The van der Waals surface area contributed by atoms with Crippen LogP contribution in [0, 0.1) is 0 Å². The highest BCUT2D eigenvalue weighted by molar-refractivity contribution is 8.22. The Balaban J connectivity index is 2.48. The molecule has 0 aliphatic rings. The quantitative estimate of drug-likeness (QED) is 0.630. The number of Topliss-reactive ketones (excluding diaryl/α,β-unsaturated/α-hetero) is 1. The number of thioether (sulfide) groups is 1. The lowest BCUT2D eigenvalue weighted by Gasteiger charge is -2.03. The van der Waals surface area contributed by atoms with E-state index in [1.807, 2.05) is 24.5 Å². The van der Waals surface area contributed by atoms with Crippen LogP contribution in [0.2, 0.25) is 0 Å². The average molecular weight is 225 g/mol. The number of benzene rings is 1. The minimum Gasteiger partial charge on any atom is -0.364 e. The number of ketones is 1. The van der Waals surface area contributed by atoms with Crippen LogP contribution in [0.25, 0.3) is 0 Å². The van der Waals surface area contributed by atoms with Gasteiger partial charge in [-0.1, -0.05) is 42.5 Å². The number of rotatable bonds is 3. The van der Waals surface area contributed by atoms with Crippen LogP contribution in [0.1, 0.15) is 10.4 Å². The monoisotopic (exact) mass is 225 g/mol. The Morgan fingerprint density at radius 2 is 2.07 bits per heavy atom. The third-order valence-electron chi connectivity index (χ3n) is 1.67. The molecule has 0 fully saturated rings. The maximum atomic E-state index is 11.5. The molecule has 1 N–H and O–H groups in total. The van der Waals surface area contributed by atoms with Crippen molar-refractivity contribution in [2.45, 2.75) is 0 Å². The van der Waals surface area contributed by atoms with E-state index in [4.69, 9.17) is 12.2 Å². The van der Waals surface area contributed by atoms with Gasteiger partial charge in [0.25, 0.3) is 0 Å². The van der Waals surface area contributed by atoms with Crippen molar-refractivity contribution >= 4 is 34.1 Å². The largest absolute Gasteiger partial charge is 0.364 e. The second kappa shape index (κ2) is 5.78. The van der Waals surface area contributed by atoms with E-state index in [2.05, 4.69) is 5.32 Å². The second-order valence-electron chi connectivity index (χ2n) is 2.63. The minimum atomic E-state index is 0.0574. The fraction of sp³-hybridized carbons (Fsp3) is 0.200. The third-order valence-corrected chi connectivity index (χ3v) is 2.83. The van der Waals surface area contributed by atoms with Crippen molar-refractivity contribution in [2.75, 3.05) is 12.8 Å². The van der Waals surface area contributed by atoms with Gasteiger partial charge in [0, 0.05) is 5.56 Å². The van der Waals surface area contributed by atoms with Gasteiger partial charge in [0.15, 0.2) is 5.78 Å². The highest BCUT2D eigenvalue weighted by Crippen LogP contribution is 2.00. The lowest BCUT2D eigenvalue weighted by atomic mass is 10.1. The predicted molar refractivity (Wildman–Crippen MR) is 64.9 cm³/mol. The smallest absolute Gasteiger partial charge is 0.181 e. The fourth-order valence-corrected chi connectivity index (χ4v) is 1.24.